The number of nitrogens with zero attached hydrogens (tertiary/aromatic N) is 1. The second-order valence-corrected chi connectivity index (χ2v) is 4.42. The highest BCUT2D eigenvalue weighted by atomic mass is 35.5. The third kappa shape index (κ3) is 1.93. The molecule has 1 aromatic rings. The van der Waals surface area contributed by atoms with Crippen LogP contribution >= 0.6 is 11.6 Å². The van der Waals surface area contributed by atoms with Crippen LogP contribution in [0.2, 0.25) is 5.02 Å². The summed E-state index contributed by atoms with van der Waals surface area (Å²) in [6, 6.07) is 7.22. The molecule has 0 spiro atoms. The SMILES string of the molecule is C[C@@H](c1ccccc1Cl)N1C(=O)CCC1O. The van der Waals surface area contributed by atoms with Crippen molar-refractivity contribution in [1.82, 2.24) is 4.90 Å². The zero-order valence-electron chi connectivity index (χ0n) is 9.06. The lowest BCUT2D eigenvalue weighted by molar-refractivity contribution is -0.136. The number of amides is 1. The van der Waals surface area contributed by atoms with Crippen LogP contribution in [0.25, 0.3) is 0 Å². The van der Waals surface area contributed by atoms with Crippen LogP contribution in [0.3, 0.4) is 0 Å². The quantitative estimate of drug-likeness (QED) is 0.861. The van der Waals surface area contributed by atoms with E-state index in [0.29, 0.717) is 17.9 Å². The van der Waals surface area contributed by atoms with E-state index in [-0.39, 0.29) is 11.9 Å². The third-order valence-electron chi connectivity index (χ3n) is 3.00. The zero-order valence-corrected chi connectivity index (χ0v) is 9.81. The molecule has 1 aliphatic rings. The molecule has 16 heavy (non-hydrogen) atoms. The monoisotopic (exact) mass is 239 g/mol. The molecule has 0 aliphatic carbocycles. The van der Waals surface area contributed by atoms with Gasteiger partial charge in [-0.2, -0.15) is 0 Å². The number of halogens is 1. The van der Waals surface area contributed by atoms with Crippen LogP contribution in [-0.4, -0.2) is 22.1 Å². The average molecular weight is 240 g/mol. The average Bonchev–Trinajstić information content (AvgIpc) is 2.58. The minimum atomic E-state index is -0.682. The lowest BCUT2D eigenvalue weighted by Gasteiger charge is -2.28. The second kappa shape index (κ2) is 4.44. The molecule has 1 fully saturated rings. The van der Waals surface area contributed by atoms with Crippen molar-refractivity contribution in [3.05, 3.63) is 34.9 Å². The molecule has 3 nitrogen and oxygen atoms in total. The number of carbonyl (C=O) groups is 1. The number of rotatable bonds is 2. The van der Waals surface area contributed by atoms with Crippen molar-refractivity contribution in [2.45, 2.75) is 32.0 Å². The summed E-state index contributed by atoms with van der Waals surface area (Å²) in [7, 11) is 0. The Balaban J connectivity index is 2.28. The summed E-state index contributed by atoms with van der Waals surface area (Å²) in [5, 5.41) is 10.4. The van der Waals surface area contributed by atoms with Gasteiger partial charge in [-0.1, -0.05) is 29.8 Å². The Morgan fingerprint density at radius 3 is 2.75 bits per heavy atom. The van der Waals surface area contributed by atoms with E-state index in [1.807, 2.05) is 25.1 Å². The molecule has 0 radical (unpaired) electrons. The van der Waals surface area contributed by atoms with Gasteiger partial charge in [-0.3, -0.25) is 4.79 Å². The fourth-order valence-electron chi connectivity index (χ4n) is 2.12. The van der Waals surface area contributed by atoms with Crippen LogP contribution < -0.4 is 0 Å². The summed E-state index contributed by atoms with van der Waals surface area (Å²) in [5.41, 5.74) is 0.874. The first kappa shape index (κ1) is 11.4. The molecular formula is C12H14ClNO2. The van der Waals surface area contributed by atoms with E-state index in [9.17, 15) is 9.90 Å². The molecule has 0 bridgehead atoms. The summed E-state index contributed by atoms with van der Waals surface area (Å²) in [4.78, 5) is 13.1. The molecule has 1 aliphatic heterocycles. The van der Waals surface area contributed by atoms with E-state index < -0.39 is 6.23 Å². The summed E-state index contributed by atoms with van der Waals surface area (Å²) >= 11 is 6.07. The molecule has 86 valence electrons. The maximum atomic E-state index is 11.6. The Labute approximate surface area is 99.6 Å². The van der Waals surface area contributed by atoms with Gasteiger partial charge in [-0.15, -0.1) is 0 Å². The maximum absolute atomic E-state index is 11.6. The maximum Gasteiger partial charge on any atom is 0.225 e. The van der Waals surface area contributed by atoms with E-state index >= 15 is 0 Å². The lowest BCUT2D eigenvalue weighted by Crippen LogP contribution is -2.35. The number of aliphatic hydroxyl groups excluding tert-OH is 1. The van der Waals surface area contributed by atoms with Gasteiger partial charge in [0.1, 0.15) is 6.23 Å². The van der Waals surface area contributed by atoms with Crippen molar-refractivity contribution < 1.29 is 9.90 Å². The van der Waals surface area contributed by atoms with Gasteiger partial charge < -0.3 is 10.0 Å². The van der Waals surface area contributed by atoms with E-state index in [1.165, 1.54) is 4.90 Å². The number of benzene rings is 1. The van der Waals surface area contributed by atoms with Gasteiger partial charge in [0.15, 0.2) is 0 Å². The van der Waals surface area contributed by atoms with Crippen molar-refractivity contribution in [2.75, 3.05) is 0 Å². The summed E-state index contributed by atoms with van der Waals surface area (Å²) in [5.74, 6) is -0.0140. The number of carbonyl (C=O) groups excluding carboxylic acids is 1. The highest BCUT2D eigenvalue weighted by Gasteiger charge is 2.34. The van der Waals surface area contributed by atoms with Gasteiger partial charge in [-0.05, 0) is 18.6 Å². The van der Waals surface area contributed by atoms with Crippen molar-refractivity contribution in [3.63, 3.8) is 0 Å². The summed E-state index contributed by atoms with van der Waals surface area (Å²) < 4.78 is 0. The standard InChI is InChI=1S/C12H14ClNO2/c1-8(9-4-2-3-5-10(9)13)14-11(15)6-7-12(14)16/h2-5,8,11,15H,6-7H2,1H3/t8-,11?/m0/s1. The molecule has 0 aromatic heterocycles. The Hall–Kier alpha value is -1.06. The van der Waals surface area contributed by atoms with Gasteiger partial charge in [0, 0.05) is 17.9 Å². The molecule has 1 unspecified atom stereocenters. The van der Waals surface area contributed by atoms with E-state index in [4.69, 9.17) is 11.6 Å². The van der Waals surface area contributed by atoms with Crippen molar-refractivity contribution >= 4 is 17.5 Å². The molecule has 1 N–H and O–H groups in total. The molecule has 2 rings (SSSR count). The van der Waals surface area contributed by atoms with Crippen molar-refractivity contribution in [1.29, 1.82) is 0 Å². The summed E-state index contributed by atoms with van der Waals surface area (Å²) in [6.07, 6.45) is 0.239. The molecule has 1 aromatic carbocycles. The molecule has 4 heteroatoms. The lowest BCUT2D eigenvalue weighted by atomic mass is 10.1. The number of hydrogen-bond donors (Lipinski definition) is 1. The number of aliphatic hydroxyl groups is 1. The highest BCUT2D eigenvalue weighted by Crippen LogP contribution is 2.32. The second-order valence-electron chi connectivity index (χ2n) is 4.02. The Bertz CT molecular complexity index is 408. The summed E-state index contributed by atoms with van der Waals surface area (Å²) in [6.45, 7) is 1.88. The first-order valence-electron chi connectivity index (χ1n) is 5.35. The minimum absolute atomic E-state index is 0.0140. The number of hydrogen-bond acceptors (Lipinski definition) is 2. The topological polar surface area (TPSA) is 40.5 Å². The first-order valence-corrected chi connectivity index (χ1v) is 5.72. The molecular weight excluding hydrogens is 226 g/mol. The van der Waals surface area contributed by atoms with E-state index in [0.717, 1.165) is 5.56 Å². The van der Waals surface area contributed by atoms with Crippen LogP contribution in [0.4, 0.5) is 0 Å². The Morgan fingerprint density at radius 1 is 1.50 bits per heavy atom. The van der Waals surface area contributed by atoms with Crippen LogP contribution in [0.15, 0.2) is 24.3 Å². The van der Waals surface area contributed by atoms with Crippen LogP contribution in [0.5, 0.6) is 0 Å². The van der Waals surface area contributed by atoms with Gasteiger partial charge in [-0.25, -0.2) is 0 Å². The van der Waals surface area contributed by atoms with Gasteiger partial charge in [0.2, 0.25) is 5.91 Å². The van der Waals surface area contributed by atoms with Crippen molar-refractivity contribution in [3.8, 4) is 0 Å². The molecule has 1 amide bonds. The smallest absolute Gasteiger partial charge is 0.225 e. The molecule has 1 saturated heterocycles. The van der Waals surface area contributed by atoms with E-state index in [1.54, 1.807) is 6.07 Å². The molecule has 1 heterocycles. The minimum Gasteiger partial charge on any atom is -0.373 e. The first-order chi connectivity index (χ1) is 7.61. The van der Waals surface area contributed by atoms with Gasteiger partial charge in [0.25, 0.3) is 0 Å². The third-order valence-corrected chi connectivity index (χ3v) is 3.34. The Morgan fingerprint density at radius 2 is 2.19 bits per heavy atom. The predicted molar refractivity (Wildman–Crippen MR) is 62.0 cm³/mol. The fourth-order valence-corrected chi connectivity index (χ4v) is 2.42. The fraction of sp³-hybridized carbons (Fsp3) is 0.417. The normalized spacial score (nSPS) is 22.6. The van der Waals surface area contributed by atoms with Crippen LogP contribution in [0, 0.1) is 0 Å². The number of likely N-dealkylation sites (tertiary alicyclic amines) is 1. The zero-order chi connectivity index (χ0) is 11.7. The molecule has 2 atom stereocenters. The predicted octanol–water partition coefficient (Wildman–Crippen LogP) is 2.34. The molecule has 0 saturated carbocycles. The van der Waals surface area contributed by atoms with Crippen LogP contribution in [0.1, 0.15) is 31.4 Å². The van der Waals surface area contributed by atoms with Gasteiger partial charge in [0.05, 0.1) is 6.04 Å². The highest BCUT2D eigenvalue weighted by molar-refractivity contribution is 6.31. The Kier molecular flexibility index (Phi) is 3.17. The van der Waals surface area contributed by atoms with Crippen LogP contribution in [-0.2, 0) is 4.79 Å². The van der Waals surface area contributed by atoms with Crippen molar-refractivity contribution in [2.24, 2.45) is 0 Å². The van der Waals surface area contributed by atoms with Gasteiger partial charge >= 0.3 is 0 Å². The van der Waals surface area contributed by atoms with E-state index in [2.05, 4.69) is 0 Å². The largest absolute Gasteiger partial charge is 0.373 e.